The van der Waals surface area contributed by atoms with Crippen LogP contribution in [0.25, 0.3) is 0 Å². The lowest BCUT2D eigenvalue weighted by Gasteiger charge is -1.86. The highest BCUT2D eigenvalue weighted by molar-refractivity contribution is 5.97. The molecule has 0 aliphatic rings. The molecule has 12 heavy (non-hydrogen) atoms. The smallest absolute Gasteiger partial charge is 0.371 e. The molecule has 0 unspecified atom stereocenters. The van der Waals surface area contributed by atoms with Gasteiger partial charge in [0.25, 0.3) is 0 Å². The number of rotatable bonds is 3. The molecule has 0 aliphatic heterocycles. The van der Waals surface area contributed by atoms with Gasteiger partial charge in [0, 0.05) is 12.5 Å². The molecule has 1 aromatic heterocycles. The van der Waals surface area contributed by atoms with Gasteiger partial charge in [-0.25, -0.2) is 4.79 Å². The van der Waals surface area contributed by atoms with Crippen molar-refractivity contribution in [1.82, 2.24) is 0 Å². The summed E-state index contributed by atoms with van der Waals surface area (Å²) >= 11 is 0. The van der Waals surface area contributed by atoms with Gasteiger partial charge >= 0.3 is 5.97 Å². The van der Waals surface area contributed by atoms with E-state index in [1.54, 1.807) is 6.92 Å². The Hall–Kier alpha value is -1.58. The first-order valence-corrected chi connectivity index (χ1v) is 3.50. The quantitative estimate of drug-likeness (QED) is 0.695. The van der Waals surface area contributed by atoms with Crippen LogP contribution in [0.1, 0.15) is 34.3 Å². The normalized spacial score (nSPS) is 9.75. The average molecular weight is 168 g/mol. The molecule has 0 saturated heterocycles. The second-order valence-corrected chi connectivity index (χ2v) is 2.28. The van der Waals surface area contributed by atoms with Crippen LogP contribution in [0.5, 0.6) is 0 Å². The molecule has 64 valence electrons. The minimum Gasteiger partial charge on any atom is -0.475 e. The number of hydrogen-bond acceptors (Lipinski definition) is 3. The maximum atomic E-state index is 11.0. The van der Waals surface area contributed by atoms with E-state index >= 15 is 0 Å². The van der Waals surface area contributed by atoms with Crippen molar-refractivity contribution >= 4 is 11.8 Å². The third-order valence-electron chi connectivity index (χ3n) is 1.45. The van der Waals surface area contributed by atoms with Crippen molar-refractivity contribution in [2.45, 2.75) is 13.3 Å². The number of hydrogen-bond donors (Lipinski definition) is 1. The number of aromatic carboxylic acids is 1. The summed E-state index contributed by atoms with van der Waals surface area (Å²) in [6, 6.07) is 1.23. The zero-order valence-electron chi connectivity index (χ0n) is 6.53. The van der Waals surface area contributed by atoms with Crippen LogP contribution < -0.4 is 0 Å². The summed E-state index contributed by atoms with van der Waals surface area (Å²) in [5, 5.41) is 8.45. The van der Waals surface area contributed by atoms with Gasteiger partial charge in [-0.15, -0.1) is 0 Å². The third kappa shape index (κ3) is 1.53. The molecule has 0 fully saturated rings. The fraction of sp³-hybridized carbons (Fsp3) is 0.250. The van der Waals surface area contributed by atoms with Crippen LogP contribution in [0.4, 0.5) is 0 Å². The fourth-order valence-electron chi connectivity index (χ4n) is 0.799. The first kappa shape index (κ1) is 8.52. The number of carbonyl (C=O) groups excluding carboxylic acids is 1. The van der Waals surface area contributed by atoms with E-state index in [0.29, 0.717) is 12.0 Å². The molecule has 1 N–H and O–H groups in total. The molecule has 1 rings (SSSR count). The molecule has 1 aromatic rings. The molecule has 0 saturated carbocycles. The summed E-state index contributed by atoms with van der Waals surface area (Å²) in [4.78, 5) is 21.3. The van der Waals surface area contributed by atoms with Gasteiger partial charge in [-0.1, -0.05) is 6.92 Å². The maximum Gasteiger partial charge on any atom is 0.371 e. The Labute approximate surface area is 68.8 Å². The van der Waals surface area contributed by atoms with Crippen LogP contribution in [0.3, 0.4) is 0 Å². The lowest BCUT2D eigenvalue weighted by molar-refractivity contribution is 0.0662. The second kappa shape index (κ2) is 3.21. The fourth-order valence-corrected chi connectivity index (χ4v) is 0.799. The number of carboxylic acids is 1. The summed E-state index contributed by atoms with van der Waals surface area (Å²) < 4.78 is 4.63. The number of furan rings is 1. The predicted octanol–water partition coefficient (Wildman–Crippen LogP) is 1.57. The number of carboxylic acid groups (broad SMARTS) is 1. The highest BCUT2D eigenvalue weighted by Crippen LogP contribution is 2.09. The molecule has 4 nitrogen and oxygen atoms in total. The maximum absolute atomic E-state index is 11.0. The minimum absolute atomic E-state index is 0.119. The first-order chi connectivity index (χ1) is 5.65. The van der Waals surface area contributed by atoms with E-state index in [2.05, 4.69) is 4.42 Å². The number of carbonyl (C=O) groups is 2. The van der Waals surface area contributed by atoms with Crippen LogP contribution in [0, 0.1) is 0 Å². The van der Waals surface area contributed by atoms with Crippen molar-refractivity contribution in [2.75, 3.05) is 0 Å². The second-order valence-electron chi connectivity index (χ2n) is 2.28. The largest absolute Gasteiger partial charge is 0.475 e. The molecule has 0 aliphatic carbocycles. The Balaban J connectivity index is 2.91. The lowest BCUT2D eigenvalue weighted by atomic mass is 10.2. The predicted molar refractivity (Wildman–Crippen MR) is 40.3 cm³/mol. The van der Waals surface area contributed by atoms with Gasteiger partial charge < -0.3 is 9.52 Å². The summed E-state index contributed by atoms with van der Waals surface area (Å²) in [5.41, 5.74) is 0.315. The van der Waals surface area contributed by atoms with E-state index in [9.17, 15) is 9.59 Å². The van der Waals surface area contributed by atoms with Crippen LogP contribution in [-0.2, 0) is 0 Å². The van der Waals surface area contributed by atoms with Crippen molar-refractivity contribution in [2.24, 2.45) is 0 Å². The van der Waals surface area contributed by atoms with Gasteiger partial charge in [0.05, 0.1) is 5.56 Å². The molecular formula is C8H8O4. The highest BCUT2D eigenvalue weighted by atomic mass is 16.4. The van der Waals surface area contributed by atoms with Crippen molar-refractivity contribution in [1.29, 1.82) is 0 Å². The Bertz CT molecular complexity index is 311. The van der Waals surface area contributed by atoms with Crippen LogP contribution in [-0.4, -0.2) is 16.9 Å². The van der Waals surface area contributed by atoms with E-state index in [1.165, 1.54) is 6.07 Å². The van der Waals surface area contributed by atoms with Crippen LogP contribution in [0.2, 0.25) is 0 Å². The van der Waals surface area contributed by atoms with E-state index in [0.717, 1.165) is 6.26 Å². The summed E-state index contributed by atoms with van der Waals surface area (Å²) in [6.45, 7) is 1.70. The zero-order chi connectivity index (χ0) is 9.14. The van der Waals surface area contributed by atoms with Crippen LogP contribution in [0.15, 0.2) is 16.7 Å². The summed E-state index contributed by atoms with van der Waals surface area (Å²) in [5.74, 6) is -1.48. The van der Waals surface area contributed by atoms with Gasteiger partial charge in [0.2, 0.25) is 5.76 Å². The minimum atomic E-state index is -1.16. The Morgan fingerprint density at radius 1 is 1.58 bits per heavy atom. The van der Waals surface area contributed by atoms with E-state index in [1.807, 2.05) is 0 Å². The number of Topliss-reactive ketones (excluding diaryl/α,β-unsaturated/α-hetero) is 1. The standard InChI is InChI=1S/C8H8O4/c1-2-6(9)5-3-7(8(10)11)12-4-5/h3-4H,2H2,1H3,(H,10,11). The van der Waals surface area contributed by atoms with E-state index < -0.39 is 5.97 Å². The van der Waals surface area contributed by atoms with Crippen molar-refractivity contribution in [3.8, 4) is 0 Å². The summed E-state index contributed by atoms with van der Waals surface area (Å²) in [6.07, 6.45) is 1.51. The van der Waals surface area contributed by atoms with Crippen LogP contribution >= 0.6 is 0 Å². The Kier molecular flexibility index (Phi) is 2.28. The monoisotopic (exact) mass is 168 g/mol. The third-order valence-corrected chi connectivity index (χ3v) is 1.45. The molecule has 4 heteroatoms. The van der Waals surface area contributed by atoms with Crippen molar-refractivity contribution in [3.63, 3.8) is 0 Å². The van der Waals surface area contributed by atoms with Gasteiger partial charge in [0.15, 0.2) is 5.78 Å². The number of ketones is 1. The topological polar surface area (TPSA) is 67.5 Å². The molecule has 1 heterocycles. The van der Waals surface area contributed by atoms with Crippen molar-refractivity contribution < 1.29 is 19.1 Å². The van der Waals surface area contributed by atoms with Crippen molar-refractivity contribution in [3.05, 3.63) is 23.7 Å². The van der Waals surface area contributed by atoms with Gasteiger partial charge in [-0.05, 0) is 0 Å². The average Bonchev–Trinajstić information content (AvgIpc) is 2.51. The zero-order valence-corrected chi connectivity index (χ0v) is 6.53. The molecular weight excluding hydrogens is 160 g/mol. The Morgan fingerprint density at radius 2 is 2.25 bits per heavy atom. The molecule has 0 aromatic carbocycles. The van der Waals surface area contributed by atoms with Gasteiger partial charge in [-0.2, -0.15) is 0 Å². The first-order valence-electron chi connectivity index (χ1n) is 3.50. The van der Waals surface area contributed by atoms with Gasteiger partial charge in [-0.3, -0.25) is 4.79 Å². The molecule has 0 radical (unpaired) electrons. The SMILES string of the molecule is CCC(=O)c1coc(C(=O)O)c1. The molecule has 0 amide bonds. The molecule has 0 spiro atoms. The highest BCUT2D eigenvalue weighted by Gasteiger charge is 2.12. The molecule has 0 bridgehead atoms. The molecule has 0 atom stereocenters. The van der Waals surface area contributed by atoms with E-state index in [-0.39, 0.29) is 11.5 Å². The lowest BCUT2D eigenvalue weighted by Crippen LogP contribution is -1.95. The van der Waals surface area contributed by atoms with Gasteiger partial charge in [0.1, 0.15) is 6.26 Å². The Morgan fingerprint density at radius 3 is 2.67 bits per heavy atom. The van der Waals surface area contributed by atoms with E-state index in [4.69, 9.17) is 5.11 Å². The summed E-state index contributed by atoms with van der Waals surface area (Å²) in [7, 11) is 0.